The van der Waals surface area contributed by atoms with E-state index in [0.717, 1.165) is 0 Å². The fourth-order valence-electron chi connectivity index (χ4n) is 2.61. The predicted octanol–water partition coefficient (Wildman–Crippen LogP) is -1.89. The van der Waals surface area contributed by atoms with Crippen LogP contribution >= 0.6 is 0 Å². The average Bonchev–Trinajstić information content (AvgIpc) is 2.99. The second kappa shape index (κ2) is 4.95. The Morgan fingerprint density at radius 3 is 2.82 bits per heavy atom. The zero-order valence-electron chi connectivity index (χ0n) is 11.7. The number of hydrogen-bond acceptors (Lipinski definition) is 8. The highest BCUT2D eigenvalue weighted by molar-refractivity contribution is 6.02. The van der Waals surface area contributed by atoms with Crippen molar-refractivity contribution in [3.8, 4) is 0 Å². The van der Waals surface area contributed by atoms with Crippen molar-refractivity contribution >= 4 is 17.0 Å². The number of imidazole rings is 1. The Labute approximate surface area is 124 Å². The molecule has 0 saturated carbocycles. The Kier molecular flexibility index (Phi) is 3.33. The van der Waals surface area contributed by atoms with Gasteiger partial charge >= 0.3 is 0 Å². The molecule has 0 bridgehead atoms. The SMILES string of the molecule is C[C@]1(O)C(n2cnc3c(C(=N)N)ncnc32)O[C@H](CO)[C@H]1O. The maximum absolute atomic E-state index is 10.5. The van der Waals surface area contributed by atoms with E-state index in [1.807, 2.05) is 0 Å². The summed E-state index contributed by atoms with van der Waals surface area (Å²) in [6.45, 7) is 0.963. The molecule has 3 heterocycles. The van der Waals surface area contributed by atoms with Gasteiger partial charge in [-0.15, -0.1) is 0 Å². The summed E-state index contributed by atoms with van der Waals surface area (Å²) in [5.74, 6) is -0.259. The molecule has 2 aromatic heterocycles. The van der Waals surface area contributed by atoms with E-state index in [2.05, 4.69) is 15.0 Å². The first-order chi connectivity index (χ1) is 10.4. The zero-order valence-corrected chi connectivity index (χ0v) is 11.7. The van der Waals surface area contributed by atoms with Crippen LogP contribution in [0.3, 0.4) is 0 Å². The van der Waals surface area contributed by atoms with Crippen molar-refractivity contribution < 1.29 is 20.1 Å². The van der Waals surface area contributed by atoms with E-state index in [-0.39, 0.29) is 17.0 Å². The van der Waals surface area contributed by atoms with Gasteiger partial charge in [0.05, 0.1) is 12.9 Å². The summed E-state index contributed by atoms with van der Waals surface area (Å²) in [5.41, 5.74) is 4.56. The zero-order chi connectivity index (χ0) is 16.1. The van der Waals surface area contributed by atoms with Gasteiger partial charge in [0.15, 0.2) is 11.9 Å². The molecule has 0 spiro atoms. The first kappa shape index (κ1) is 14.8. The van der Waals surface area contributed by atoms with Crippen molar-refractivity contribution in [3.05, 3.63) is 18.3 Å². The van der Waals surface area contributed by atoms with Crippen molar-refractivity contribution in [3.63, 3.8) is 0 Å². The lowest BCUT2D eigenvalue weighted by molar-refractivity contribution is -0.0950. The molecule has 1 aliphatic heterocycles. The van der Waals surface area contributed by atoms with E-state index < -0.39 is 30.6 Å². The Bertz CT molecular complexity index is 729. The van der Waals surface area contributed by atoms with Gasteiger partial charge in [-0.05, 0) is 6.92 Å². The van der Waals surface area contributed by atoms with Gasteiger partial charge in [-0.3, -0.25) is 9.98 Å². The van der Waals surface area contributed by atoms with Crippen molar-refractivity contribution in [1.29, 1.82) is 5.41 Å². The maximum atomic E-state index is 10.5. The highest BCUT2D eigenvalue weighted by atomic mass is 16.6. The third kappa shape index (κ3) is 1.96. The molecule has 1 aliphatic rings. The number of nitrogens with zero attached hydrogens (tertiary/aromatic N) is 4. The van der Waals surface area contributed by atoms with Crippen LogP contribution in [-0.4, -0.2) is 65.1 Å². The summed E-state index contributed by atoms with van der Waals surface area (Å²) >= 11 is 0. The molecule has 0 aromatic carbocycles. The number of aliphatic hydroxyl groups excluding tert-OH is 2. The van der Waals surface area contributed by atoms with Gasteiger partial charge in [-0.1, -0.05) is 0 Å². The molecule has 2 aromatic rings. The minimum atomic E-state index is -1.65. The van der Waals surface area contributed by atoms with Crippen LogP contribution in [0.1, 0.15) is 18.8 Å². The van der Waals surface area contributed by atoms with E-state index in [1.165, 1.54) is 24.1 Å². The largest absolute Gasteiger partial charge is 0.394 e. The van der Waals surface area contributed by atoms with E-state index in [4.69, 9.17) is 15.9 Å². The molecule has 118 valence electrons. The van der Waals surface area contributed by atoms with Gasteiger partial charge in [-0.2, -0.15) is 0 Å². The molecule has 0 radical (unpaired) electrons. The standard InChI is InChI=1S/C12H16N6O4/c1-12(21)8(20)5(2-19)22-11(12)18-4-17-7-6(9(13)14)15-3-16-10(7)18/h3-5,8,11,19-21H,2H2,1H3,(H3,13,14)/t5-,8-,11?,12-/m1/s1. The molecular weight excluding hydrogens is 292 g/mol. The second-order valence-electron chi connectivity index (χ2n) is 5.34. The number of nitrogens with one attached hydrogen (secondary N) is 1. The van der Waals surface area contributed by atoms with Gasteiger partial charge in [0.2, 0.25) is 0 Å². The van der Waals surface area contributed by atoms with Crippen LogP contribution in [0.25, 0.3) is 11.2 Å². The number of amidine groups is 1. The van der Waals surface area contributed by atoms with Gasteiger partial charge in [0, 0.05) is 0 Å². The summed E-state index contributed by atoms with van der Waals surface area (Å²) in [4.78, 5) is 12.1. The van der Waals surface area contributed by atoms with Gasteiger partial charge < -0.3 is 25.8 Å². The summed E-state index contributed by atoms with van der Waals surface area (Å²) in [6.07, 6.45) is -0.613. The number of nitrogen functional groups attached to an aromatic ring is 1. The highest BCUT2D eigenvalue weighted by Crippen LogP contribution is 2.39. The van der Waals surface area contributed by atoms with Crippen LogP contribution in [0.4, 0.5) is 0 Å². The highest BCUT2D eigenvalue weighted by Gasteiger charge is 2.53. The third-order valence-electron chi connectivity index (χ3n) is 3.80. The summed E-state index contributed by atoms with van der Waals surface area (Å²) in [7, 11) is 0. The summed E-state index contributed by atoms with van der Waals surface area (Å²) < 4.78 is 6.94. The van der Waals surface area contributed by atoms with Crippen LogP contribution in [0.15, 0.2) is 12.7 Å². The van der Waals surface area contributed by atoms with Crippen LogP contribution < -0.4 is 5.73 Å². The lowest BCUT2D eigenvalue weighted by Gasteiger charge is -2.27. The molecule has 10 nitrogen and oxygen atoms in total. The van der Waals surface area contributed by atoms with Crippen molar-refractivity contribution in [2.75, 3.05) is 6.61 Å². The lowest BCUT2D eigenvalue weighted by Crippen LogP contribution is -2.44. The fourth-order valence-corrected chi connectivity index (χ4v) is 2.61. The number of fused-ring (bicyclic) bond motifs is 1. The molecular formula is C12H16N6O4. The first-order valence-electron chi connectivity index (χ1n) is 6.56. The number of aliphatic hydroxyl groups is 3. The fraction of sp³-hybridized carbons (Fsp3) is 0.500. The summed E-state index contributed by atoms with van der Waals surface area (Å²) in [5, 5.41) is 37.2. The molecule has 1 fully saturated rings. The normalized spacial score (nSPS) is 31.7. The lowest BCUT2D eigenvalue weighted by atomic mass is 9.96. The molecule has 10 heteroatoms. The molecule has 0 aliphatic carbocycles. The van der Waals surface area contributed by atoms with Gasteiger partial charge in [0.25, 0.3) is 0 Å². The predicted molar refractivity (Wildman–Crippen MR) is 74.0 cm³/mol. The molecule has 1 unspecified atom stereocenters. The number of nitrogens with two attached hydrogens (primary N) is 1. The smallest absolute Gasteiger partial charge is 0.168 e. The van der Waals surface area contributed by atoms with Crippen LogP contribution in [-0.2, 0) is 4.74 Å². The van der Waals surface area contributed by atoms with Crippen LogP contribution in [0, 0.1) is 5.41 Å². The van der Waals surface area contributed by atoms with E-state index >= 15 is 0 Å². The topological polar surface area (TPSA) is 163 Å². The Hall–Kier alpha value is -2.14. The second-order valence-corrected chi connectivity index (χ2v) is 5.34. The van der Waals surface area contributed by atoms with Gasteiger partial charge in [-0.25, -0.2) is 15.0 Å². The molecule has 6 N–H and O–H groups in total. The minimum absolute atomic E-state index is 0.167. The van der Waals surface area contributed by atoms with Crippen molar-refractivity contribution in [1.82, 2.24) is 19.5 Å². The number of hydrogen-bond donors (Lipinski definition) is 5. The molecule has 4 atom stereocenters. The van der Waals surface area contributed by atoms with Crippen LogP contribution in [0.5, 0.6) is 0 Å². The Morgan fingerprint density at radius 2 is 2.23 bits per heavy atom. The first-order valence-corrected chi connectivity index (χ1v) is 6.56. The van der Waals surface area contributed by atoms with Crippen molar-refractivity contribution in [2.24, 2.45) is 5.73 Å². The Balaban J connectivity index is 2.12. The Morgan fingerprint density at radius 1 is 1.50 bits per heavy atom. The minimum Gasteiger partial charge on any atom is -0.394 e. The van der Waals surface area contributed by atoms with E-state index in [1.54, 1.807) is 0 Å². The average molecular weight is 308 g/mol. The third-order valence-corrected chi connectivity index (χ3v) is 3.80. The summed E-state index contributed by atoms with van der Waals surface area (Å²) in [6, 6.07) is 0. The quantitative estimate of drug-likeness (QED) is 0.324. The number of ether oxygens (including phenoxy) is 1. The van der Waals surface area contributed by atoms with Crippen LogP contribution in [0.2, 0.25) is 0 Å². The molecule has 1 saturated heterocycles. The number of rotatable bonds is 3. The maximum Gasteiger partial charge on any atom is 0.168 e. The van der Waals surface area contributed by atoms with Gasteiger partial charge in [0.1, 0.15) is 41.2 Å². The molecule has 3 rings (SSSR count). The van der Waals surface area contributed by atoms with E-state index in [0.29, 0.717) is 5.65 Å². The van der Waals surface area contributed by atoms with E-state index in [9.17, 15) is 15.3 Å². The number of aromatic nitrogens is 4. The monoisotopic (exact) mass is 308 g/mol. The molecule has 0 amide bonds. The van der Waals surface area contributed by atoms with Crippen molar-refractivity contribution in [2.45, 2.75) is 31.0 Å². The molecule has 22 heavy (non-hydrogen) atoms.